The van der Waals surface area contributed by atoms with Crippen LogP contribution in [0, 0.1) is 12.3 Å². The summed E-state index contributed by atoms with van der Waals surface area (Å²) >= 11 is 3.78. The summed E-state index contributed by atoms with van der Waals surface area (Å²) in [5.74, 6) is 0. The van der Waals surface area contributed by atoms with Crippen molar-refractivity contribution in [3.63, 3.8) is 0 Å². The fraction of sp³-hybridized carbons (Fsp3) is 0.600. The Labute approximate surface area is 109 Å². The molecule has 1 aromatic rings. The molecule has 0 aliphatic rings. The molecule has 0 aromatic heterocycles. The lowest BCUT2D eigenvalue weighted by Crippen LogP contribution is -2.20. The molecule has 1 atom stereocenters. The van der Waals surface area contributed by atoms with E-state index in [4.69, 9.17) is 0 Å². The third kappa shape index (κ3) is 4.69. The lowest BCUT2D eigenvalue weighted by Gasteiger charge is -2.25. The van der Waals surface area contributed by atoms with Gasteiger partial charge in [-0.3, -0.25) is 0 Å². The Morgan fingerprint density at radius 3 is 2.19 bits per heavy atom. The summed E-state index contributed by atoms with van der Waals surface area (Å²) in [6.07, 6.45) is 3.70. The Bertz CT molecular complexity index is 305. The second-order valence-electron chi connectivity index (χ2n) is 5.71. The highest BCUT2D eigenvalue weighted by Crippen LogP contribution is 2.29. The van der Waals surface area contributed by atoms with Crippen molar-refractivity contribution in [3.05, 3.63) is 35.4 Å². The lowest BCUT2D eigenvalue weighted by molar-refractivity contribution is 0.380. The number of rotatable bonds is 4. The van der Waals surface area contributed by atoms with Gasteiger partial charge in [0, 0.05) is 4.83 Å². The average Bonchev–Trinajstić information content (AvgIpc) is 2.19. The first-order valence-electron chi connectivity index (χ1n) is 6.09. The van der Waals surface area contributed by atoms with Gasteiger partial charge in [0.05, 0.1) is 0 Å². The Hall–Kier alpha value is -0.300. The minimum atomic E-state index is 0.368. The van der Waals surface area contributed by atoms with Crippen LogP contribution in [-0.4, -0.2) is 4.83 Å². The average molecular weight is 283 g/mol. The predicted molar refractivity (Wildman–Crippen MR) is 76.3 cm³/mol. The fourth-order valence-corrected chi connectivity index (χ4v) is 2.00. The van der Waals surface area contributed by atoms with Gasteiger partial charge >= 0.3 is 0 Å². The SMILES string of the molecule is Cc1ccc(CCCC(Br)C(C)(C)C)cc1. The van der Waals surface area contributed by atoms with E-state index >= 15 is 0 Å². The normalized spacial score (nSPS) is 13.8. The molecule has 0 heterocycles. The smallest absolute Gasteiger partial charge is 0.0194 e. The maximum Gasteiger partial charge on any atom is 0.0194 e. The van der Waals surface area contributed by atoms with Gasteiger partial charge in [0.1, 0.15) is 0 Å². The minimum absolute atomic E-state index is 0.368. The van der Waals surface area contributed by atoms with Gasteiger partial charge in [-0.2, -0.15) is 0 Å². The van der Waals surface area contributed by atoms with Crippen LogP contribution in [0.25, 0.3) is 0 Å². The molecule has 1 unspecified atom stereocenters. The first-order valence-corrected chi connectivity index (χ1v) is 7.01. The van der Waals surface area contributed by atoms with Crippen LogP contribution in [0.2, 0.25) is 0 Å². The Kier molecular flexibility index (Phi) is 5.04. The number of alkyl halides is 1. The van der Waals surface area contributed by atoms with Gasteiger partial charge in [0.25, 0.3) is 0 Å². The monoisotopic (exact) mass is 282 g/mol. The first kappa shape index (κ1) is 13.8. The molecule has 0 aliphatic carbocycles. The number of aryl methyl sites for hydroxylation is 2. The summed E-state index contributed by atoms with van der Waals surface area (Å²) in [5, 5.41) is 0. The Morgan fingerprint density at radius 2 is 1.69 bits per heavy atom. The maximum atomic E-state index is 3.78. The second kappa shape index (κ2) is 5.86. The summed E-state index contributed by atoms with van der Waals surface area (Å²) in [4.78, 5) is 0.616. The van der Waals surface area contributed by atoms with Crippen molar-refractivity contribution in [2.75, 3.05) is 0 Å². The van der Waals surface area contributed by atoms with Crippen molar-refractivity contribution >= 4 is 15.9 Å². The van der Waals surface area contributed by atoms with Gasteiger partial charge in [-0.25, -0.2) is 0 Å². The van der Waals surface area contributed by atoms with E-state index in [1.165, 1.54) is 30.4 Å². The summed E-state index contributed by atoms with van der Waals surface area (Å²) in [5.41, 5.74) is 3.17. The molecule has 1 rings (SSSR count). The van der Waals surface area contributed by atoms with Gasteiger partial charge in [-0.05, 0) is 37.2 Å². The Morgan fingerprint density at radius 1 is 1.12 bits per heavy atom. The molecule has 0 spiro atoms. The minimum Gasteiger partial charge on any atom is -0.0885 e. The lowest BCUT2D eigenvalue weighted by atomic mass is 9.89. The number of hydrogen-bond donors (Lipinski definition) is 0. The third-order valence-electron chi connectivity index (χ3n) is 2.98. The molecule has 0 amide bonds. The van der Waals surface area contributed by atoms with E-state index in [2.05, 4.69) is 67.9 Å². The largest absolute Gasteiger partial charge is 0.0885 e. The van der Waals surface area contributed by atoms with E-state index in [1.54, 1.807) is 0 Å². The molecule has 0 fully saturated rings. The molecule has 16 heavy (non-hydrogen) atoms. The van der Waals surface area contributed by atoms with Crippen molar-refractivity contribution in [1.82, 2.24) is 0 Å². The van der Waals surface area contributed by atoms with Crippen molar-refractivity contribution in [1.29, 1.82) is 0 Å². The highest BCUT2D eigenvalue weighted by atomic mass is 79.9. The molecule has 0 bridgehead atoms. The molecular weight excluding hydrogens is 260 g/mol. The van der Waals surface area contributed by atoms with E-state index in [9.17, 15) is 0 Å². The van der Waals surface area contributed by atoms with E-state index in [0.29, 0.717) is 10.2 Å². The summed E-state index contributed by atoms with van der Waals surface area (Å²) < 4.78 is 0. The standard InChI is InChI=1S/C15H23Br/c1-12-8-10-13(11-9-12)6-5-7-14(16)15(2,3)4/h8-11,14H,5-7H2,1-4H3. The van der Waals surface area contributed by atoms with Crippen LogP contribution in [0.4, 0.5) is 0 Å². The Balaban J connectivity index is 2.33. The van der Waals surface area contributed by atoms with Crippen LogP contribution in [0.1, 0.15) is 44.7 Å². The van der Waals surface area contributed by atoms with E-state index in [0.717, 1.165) is 0 Å². The zero-order valence-corrected chi connectivity index (χ0v) is 12.5. The maximum absolute atomic E-state index is 3.78. The molecule has 0 radical (unpaired) electrons. The van der Waals surface area contributed by atoms with Crippen LogP contribution < -0.4 is 0 Å². The molecular formula is C15H23Br. The van der Waals surface area contributed by atoms with Gasteiger partial charge in [-0.15, -0.1) is 0 Å². The second-order valence-corrected chi connectivity index (χ2v) is 6.82. The van der Waals surface area contributed by atoms with Crippen LogP contribution in [0.5, 0.6) is 0 Å². The number of benzene rings is 1. The van der Waals surface area contributed by atoms with Crippen LogP contribution >= 0.6 is 15.9 Å². The predicted octanol–water partition coefficient (Wildman–Crippen LogP) is 5.13. The fourth-order valence-electron chi connectivity index (χ4n) is 1.67. The highest BCUT2D eigenvalue weighted by Gasteiger charge is 2.20. The highest BCUT2D eigenvalue weighted by molar-refractivity contribution is 9.09. The number of hydrogen-bond acceptors (Lipinski definition) is 0. The third-order valence-corrected chi connectivity index (χ3v) is 4.81. The zero-order valence-electron chi connectivity index (χ0n) is 10.9. The van der Waals surface area contributed by atoms with Crippen LogP contribution in [0.15, 0.2) is 24.3 Å². The summed E-state index contributed by atoms with van der Waals surface area (Å²) in [6, 6.07) is 8.89. The summed E-state index contributed by atoms with van der Waals surface area (Å²) in [7, 11) is 0. The van der Waals surface area contributed by atoms with E-state index in [1.807, 2.05) is 0 Å². The summed E-state index contributed by atoms with van der Waals surface area (Å²) in [6.45, 7) is 9.01. The molecule has 1 heteroatoms. The van der Waals surface area contributed by atoms with E-state index in [-0.39, 0.29) is 0 Å². The van der Waals surface area contributed by atoms with Gasteiger partial charge in [0.15, 0.2) is 0 Å². The van der Waals surface area contributed by atoms with Crippen LogP contribution in [-0.2, 0) is 6.42 Å². The molecule has 0 nitrogen and oxygen atoms in total. The topological polar surface area (TPSA) is 0 Å². The molecule has 0 aliphatic heterocycles. The van der Waals surface area contributed by atoms with E-state index < -0.39 is 0 Å². The van der Waals surface area contributed by atoms with Crippen molar-refractivity contribution in [2.45, 2.75) is 51.8 Å². The first-order chi connectivity index (χ1) is 7.39. The van der Waals surface area contributed by atoms with Crippen molar-refractivity contribution < 1.29 is 0 Å². The zero-order chi connectivity index (χ0) is 12.2. The van der Waals surface area contributed by atoms with Gasteiger partial charge in [-0.1, -0.05) is 66.5 Å². The van der Waals surface area contributed by atoms with Crippen LogP contribution in [0.3, 0.4) is 0 Å². The van der Waals surface area contributed by atoms with Gasteiger partial charge in [0.2, 0.25) is 0 Å². The molecule has 1 aromatic carbocycles. The molecule has 0 saturated carbocycles. The quantitative estimate of drug-likeness (QED) is 0.672. The van der Waals surface area contributed by atoms with Crippen molar-refractivity contribution in [2.24, 2.45) is 5.41 Å². The van der Waals surface area contributed by atoms with Gasteiger partial charge < -0.3 is 0 Å². The molecule has 0 N–H and O–H groups in total. The van der Waals surface area contributed by atoms with Crippen molar-refractivity contribution in [3.8, 4) is 0 Å². The molecule has 0 saturated heterocycles. The molecule has 90 valence electrons. The number of halogens is 1.